The zero-order valence-electron chi connectivity index (χ0n) is 34.2. The molecule has 0 saturated heterocycles. The number of amides is 1. The number of carbonyl (C=O) groups is 1. The Morgan fingerprint density at radius 3 is 1.74 bits per heavy atom. The van der Waals surface area contributed by atoms with Crippen LogP contribution in [-0.4, -0.2) is 73.4 Å². The average Bonchev–Trinajstić information content (AvgIpc) is 3.10. The van der Waals surface area contributed by atoms with Crippen LogP contribution in [0, 0.1) is 0 Å². The quantitative estimate of drug-likeness (QED) is 0.0257. The van der Waals surface area contributed by atoms with Crippen molar-refractivity contribution >= 4 is 13.7 Å². The van der Waals surface area contributed by atoms with E-state index < -0.39 is 20.0 Å². The largest absolute Gasteiger partial charge is 0.472 e. The third kappa shape index (κ3) is 37.8. The molecule has 0 bridgehead atoms. The number of aliphatic hydroxyl groups excluding tert-OH is 1. The summed E-state index contributed by atoms with van der Waals surface area (Å²) in [4.78, 5) is 23.0. The molecule has 0 aliphatic rings. The van der Waals surface area contributed by atoms with Crippen LogP contribution < -0.4 is 5.32 Å². The van der Waals surface area contributed by atoms with Crippen LogP contribution in [0.5, 0.6) is 0 Å². The standard InChI is InChI=1S/C44H77N2O6P/c1-6-8-10-12-14-16-18-20-21-22-23-24-25-26-28-30-32-34-36-38-44(48)45-42(41-52-53(49,50)51-40-39-46(3,4)5)43(47)37-35-33-31-29-27-19-17-15-13-11-9-7-2/h8,10,14,16,20-21,23-24,26-29,35,37,42-43,47H,6-7,9,11-13,15,17-19,22,25,30-34,36,38-41H2,1-5H3,(H-,45,48,49,50)/p+1/b10-8-,16-14-,21-20-,24-23-,28-26-,29-27+,37-35+. The molecule has 1 amide bonds. The molecule has 53 heavy (non-hydrogen) atoms. The predicted molar refractivity (Wildman–Crippen MR) is 226 cm³/mol. The first-order valence-corrected chi connectivity index (χ1v) is 22.0. The minimum atomic E-state index is -4.35. The van der Waals surface area contributed by atoms with E-state index in [1.165, 1.54) is 38.5 Å². The predicted octanol–water partition coefficient (Wildman–Crippen LogP) is 11.0. The summed E-state index contributed by atoms with van der Waals surface area (Å²) < 4.78 is 23.4. The Bertz CT molecular complexity index is 1140. The Labute approximate surface area is 325 Å². The Hall–Kier alpha value is -2.32. The summed E-state index contributed by atoms with van der Waals surface area (Å²) in [5, 5.41) is 13.7. The normalized spacial score (nSPS) is 15.4. The number of allylic oxidation sites excluding steroid dienone is 13. The minimum Gasteiger partial charge on any atom is -0.387 e. The third-order valence-electron chi connectivity index (χ3n) is 8.35. The second kappa shape index (κ2) is 35.4. The highest BCUT2D eigenvalue weighted by Crippen LogP contribution is 2.43. The molecule has 0 heterocycles. The number of quaternary nitrogens is 1. The molecule has 0 spiro atoms. The van der Waals surface area contributed by atoms with Gasteiger partial charge in [0.1, 0.15) is 13.2 Å². The Balaban J connectivity index is 4.59. The highest BCUT2D eigenvalue weighted by molar-refractivity contribution is 7.47. The molecule has 304 valence electrons. The number of nitrogens with zero attached hydrogens (tertiary/aromatic N) is 1. The molecule has 0 aliphatic carbocycles. The van der Waals surface area contributed by atoms with Crippen LogP contribution in [0.15, 0.2) is 85.1 Å². The van der Waals surface area contributed by atoms with E-state index in [2.05, 4.69) is 92.1 Å². The number of phosphoric ester groups is 1. The van der Waals surface area contributed by atoms with E-state index in [0.29, 0.717) is 23.9 Å². The molecule has 8 nitrogen and oxygen atoms in total. The van der Waals surface area contributed by atoms with Crippen molar-refractivity contribution in [2.24, 2.45) is 0 Å². The fraction of sp³-hybridized carbons (Fsp3) is 0.659. The molecule has 0 aromatic heterocycles. The summed E-state index contributed by atoms with van der Waals surface area (Å²) in [6, 6.07) is -0.884. The van der Waals surface area contributed by atoms with Gasteiger partial charge in [0, 0.05) is 6.42 Å². The summed E-state index contributed by atoms with van der Waals surface area (Å²) in [6.07, 6.45) is 48.0. The van der Waals surface area contributed by atoms with Gasteiger partial charge >= 0.3 is 7.82 Å². The van der Waals surface area contributed by atoms with E-state index in [0.717, 1.165) is 70.6 Å². The summed E-state index contributed by atoms with van der Waals surface area (Å²) in [6.45, 7) is 4.59. The van der Waals surface area contributed by atoms with Gasteiger partial charge in [-0.3, -0.25) is 13.8 Å². The number of unbranched alkanes of at least 4 members (excludes halogenated alkanes) is 10. The van der Waals surface area contributed by atoms with Gasteiger partial charge in [-0.25, -0.2) is 4.57 Å². The topological polar surface area (TPSA) is 105 Å². The van der Waals surface area contributed by atoms with Gasteiger partial charge in [-0.2, -0.15) is 0 Å². The van der Waals surface area contributed by atoms with Crippen molar-refractivity contribution in [1.29, 1.82) is 0 Å². The van der Waals surface area contributed by atoms with Crippen molar-refractivity contribution in [1.82, 2.24) is 5.32 Å². The maximum absolute atomic E-state index is 12.8. The van der Waals surface area contributed by atoms with Crippen molar-refractivity contribution in [3.05, 3.63) is 85.1 Å². The molecule has 0 aromatic rings. The molecular weight excluding hydrogens is 683 g/mol. The average molecular weight is 762 g/mol. The SMILES string of the molecule is CC/C=C\C/C=C\C/C=C\C/C=C\C/C=C\CCCCCC(=O)NC(COP(=O)(O)OCC[N+](C)(C)C)C(O)/C=C/CC/C=C/CCCCCCCC. The van der Waals surface area contributed by atoms with Crippen LogP contribution in [-0.2, 0) is 18.4 Å². The number of phosphoric acid groups is 1. The van der Waals surface area contributed by atoms with Crippen LogP contribution in [0.2, 0.25) is 0 Å². The fourth-order valence-electron chi connectivity index (χ4n) is 5.08. The van der Waals surface area contributed by atoms with Crippen molar-refractivity contribution in [2.45, 2.75) is 148 Å². The number of carbonyl (C=O) groups excluding carboxylic acids is 1. The maximum Gasteiger partial charge on any atom is 0.472 e. The van der Waals surface area contributed by atoms with Gasteiger partial charge in [-0.15, -0.1) is 0 Å². The van der Waals surface area contributed by atoms with Crippen LogP contribution >= 0.6 is 7.82 Å². The number of hydrogen-bond acceptors (Lipinski definition) is 5. The van der Waals surface area contributed by atoms with Crippen LogP contribution in [0.3, 0.4) is 0 Å². The van der Waals surface area contributed by atoms with Gasteiger partial charge in [0.15, 0.2) is 0 Å². The Morgan fingerprint density at radius 1 is 0.660 bits per heavy atom. The van der Waals surface area contributed by atoms with E-state index in [4.69, 9.17) is 9.05 Å². The summed E-state index contributed by atoms with van der Waals surface area (Å²) >= 11 is 0. The summed E-state index contributed by atoms with van der Waals surface area (Å²) in [5.41, 5.74) is 0. The Morgan fingerprint density at radius 2 is 1.15 bits per heavy atom. The molecule has 0 aromatic carbocycles. The molecule has 3 N–H and O–H groups in total. The van der Waals surface area contributed by atoms with Gasteiger partial charge in [-0.1, -0.05) is 137 Å². The lowest BCUT2D eigenvalue weighted by Crippen LogP contribution is -2.45. The highest BCUT2D eigenvalue weighted by atomic mass is 31.2. The van der Waals surface area contributed by atoms with Crippen LogP contribution in [0.25, 0.3) is 0 Å². The Kier molecular flexibility index (Phi) is 33.8. The molecular formula is C44H78N2O6P+. The highest BCUT2D eigenvalue weighted by Gasteiger charge is 2.27. The van der Waals surface area contributed by atoms with Crippen LogP contribution in [0.4, 0.5) is 0 Å². The minimum absolute atomic E-state index is 0.0444. The molecule has 3 atom stereocenters. The second-order valence-electron chi connectivity index (χ2n) is 14.6. The monoisotopic (exact) mass is 762 g/mol. The maximum atomic E-state index is 12.8. The van der Waals surface area contributed by atoms with Crippen molar-refractivity contribution in [3.8, 4) is 0 Å². The lowest BCUT2D eigenvalue weighted by Gasteiger charge is -2.25. The van der Waals surface area contributed by atoms with Gasteiger partial charge in [0.25, 0.3) is 0 Å². The van der Waals surface area contributed by atoms with Crippen LogP contribution in [0.1, 0.15) is 136 Å². The summed E-state index contributed by atoms with van der Waals surface area (Å²) in [5.74, 6) is -0.225. The number of hydrogen-bond donors (Lipinski definition) is 3. The molecule has 9 heteroatoms. The van der Waals surface area contributed by atoms with Crippen molar-refractivity contribution < 1.29 is 32.9 Å². The fourth-order valence-corrected chi connectivity index (χ4v) is 5.82. The number of likely N-dealkylation sites (N-methyl/N-ethyl adjacent to an activating group) is 1. The van der Waals surface area contributed by atoms with E-state index in [1.54, 1.807) is 6.08 Å². The molecule has 3 unspecified atom stereocenters. The second-order valence-corrected chi connectivity index (χ2v) is 16.1. The van der Waals surface area contributed by atoms with E-state index >= 15 is 0 Å². The first-order valence-electron chi connectivity index (χ1n) is 20.5. The zero-order chi connectivity index (χ0) is 39.3. The third-order valence-corrected chi connectivity index (χ3v) is 9.33. The number of nitrogens with one attached hydrogen (secondary N) is 1. The van der Waals surface area contributed by atoms with Crippen molar-refractivity contribution in [2.75, 3.05) is 40.9 Å². The number of aliphatic hydroxyl groups is 1. The molecule has 0 fully saturated rings. The lowest BCUT2D eigenvalue weighted by atomic mass is 10.1. The lowest BCUT2D eigenvalue weighted by molar-refractivity contribution is -0.870. The molecule has 0 radical (unpaired) electrons. The molecule has 0 aliphatic heterocycles. The smallest absolute Gasteiger partial charge is 0.387 e. The van der Waals surface area contributed by atoms with Crippen molar-refractivity contribution in [3.63, 3.8) is 0 Å². The van der Waals surface area contributed by atoms with E-state index in [-0.39, 0.29) is 19.1 Å². The first-order chi connectivity index (χ1) is 25.5. The van der Waals surface area contributed by atoms with E-state index in [1.807, 2.05) is 27.2 Å². The molecule has 0 rings (SSSR count). The zero-order valence-corrected chi connectivity index (χ0v) is 35.1. The summed E-state index contributed by atoms with van der Waals surface area (Å²) in [7, 11) is 1.51. The number of rotatable bonds is 35. The van der Waals surface area contributed by atoms with Gasteiger partial charge < -0.3 is 19.8 Å². The van der Waals surface area contributed by atoms with Gasteiger partial charge in [0.2, 0.25) is 5.91 Å². The van der Waals surface area contributed by atoms with Gasteiger partial charge in [-0.05, 0) is 77.0 Å². The van der Waals surface area contributed by atoms with Gasteiger partial charge in [0.05, 0.1) is 39.9 Å². The first kappa shape index (κ1) is 50.7. The van der Waals surface area contributed by atoms with E-state index in [9.17, 15) is 19.4 Å². The molecule has 0 saturated carbocycles.